The summed E-state index contributed by atoms with van der Waals surface area (Å²) in [7, 11) is 3.69. The Bertz CT molecular complexity index is 476. The number of aromatic nitrogens is 4. The van der Waals surface area contributed by atoms with E-state index in [2.05, 4.69) is 15.1 Å². The largest absolute Gasteiger partial charge is 0.366 e. The lowest BCUT2D eigenvalue weighted by atomic mass is 10.6. The molecule has 2 N–H and O–H groups in total. The van der Waals surface area contributed by atoms with Crippen LogP contribution in [0.2, 0.25) is 5.15 Å². The molecule has 0 radical (unpaired) electrons. The van der Waals surface area contributed by atoms with Crippen molar-refractivity contribution in [1.29, 1.82) is 0 Å². The minimum absolute atomic E-state index is 0.206. The topological polar surface area (TPSA) is 72.3 Å². The van der Waals surface area contributed by atoms with E-state index in [-0.39, 0.29) is 5.95 Å². The van der Waals surface area contributed by atoms with E-state index < -0.39 is 0 Å². The number of hydrogen-bond acceptors (Lipinski definition) is 5. The molecule has 0 aliphatic carbocycles. The second kappa shape index (κ2) is 2.98. The molecule has 0 amide bonds. The normalized spacial score (nSPS) is 10.8. The second-order valence-electron chi connectivity index (χ2n) is 3.01. The van der Waals surface area contributed by atoms with Crippen LogP contribution in [0, 0.1) is 0 Å². The van der Waals surface area contributed by atoms with Gasteiger partial charge in [-0.05, 0) is 0 Å². The smallest absolute Gasteiger partial charge is 0.240 e. The van der Waals surface area contributed by atoms with Gasteiger partial charge in [-0.1, -0.05) is 11.6 Å². The third-order valence-corrected chi connectivity index (χ3v) is 1.89. The first-order chi connectivity index (χ1) is 6.58. The van der Waals surface area contributed by atoms with Crippen molar-refractivity contribution in [2.75, 3.05) is 24.7 Å². The Kier molecular flexibility index (Phi) is 1.92. The maximum atomic E-state index is 5.82. The zero-order valence-electron chi connectivity index (χ0n) is 7.77. The van der Waals surface area contributed by atoms with Gasteiger partial charge in [0, 0.05) is 20.2 Å². The lowest BCUT2D eigenvalue weighted by Crippen LogP contribution is -2.15. The molecule has 0 aromatic carbocycles. The quantitative estimate of drug-likeness (QED) is 0.694. The summed E-state index contributed by atoms with van der Waals surface area (Å²) >= 11 is 5.82. The first-order valence-electron chi connectivity index (χ1n) is 3.94. The molecule has 0 saturated carbocycles. The van der Waals surface area contributed by atoms with E-state index in [1.807, 2.05) is 14.1 Å². The molecule has 0 aliphatic heterocycles. The van der Waals surface area contributed by atoms with Crippen molar-refractivity contribution in [2.24, 2.45) is 0 Å². The van der Waals surface area contributed by atoms with Crippen molar-refractivity contribution in [2.45, 2.75) is 0 Å². The van der Waals surface area contributed by atoms with Gasteiger partial charge in [-0.3, -0.25) is 0 Å². The fourth-order valence-electron chi connectivity index (χ4n) is 1.15. The number of fused-ring (bicyclic) bond motifs is 1. The molecule has 14 heavy (non-hydrogen) atoms. The van der Waals surface area contributed by atoms with Gasteiger partial charge in [0.05, 0.1) is 0 Å². The fourth-order valence-corrected chi connectivity index (χ4v) is 1.33. The summed E-state index contributed by atoms with van der Waals surface area (Å²) in [6, 6.07) is 1.61. The zero-order chi connectivity index (χ0) is 10.3. The van der Waals surface area contributed by atoms with Gasteiger partial charge in [0.25, 0.3) is 0 Å². The number of anilines is 2. The Balaban J connectivity index is 2.79. The molecular weight excluding hydrogens is 204 g/mol. The second-order valence-corrected chi connectivity index (χ2v) is 3.40. The van der Waals surface area contributed by atoms with Crippen LogP contribution in [0.3, 0.4) is 0 Å². The van der Waals surface area contributed by atoms with E-state index in [0.717, 1.165) is 0 Å². The number of rotatable bonds is 1. The van der Waals surface area contributed by atoms with Crippen molar-refractivity contribution >= 4 is 29.1 Å². The highest BCUT2D eigenvalue weighted by molar-refractivity contribution is 6.29. The number of nitrogens with zero attached hydrogens (tertiary/aromatic N) is 5. The molecule has 0 bridgehead atoms. The van der Waals surface area contributed by atoms with Crippen LogP contribution in [-0.2, 0) is 0 Å². The standard InChI is InChI=1S/C7H9ClN6/c1-13(2)7-10-4(8)3-5-11-6(9)12-14(5)7/h3H,1-2H3,(H2,9,12). The van der Waals surface area contributed by atoms with E-state index >= 15 is 0 Å². The van der Waals surface area contributed by atoms with Crippen LogP contribution in [0.1, 0.15) is 0 Å². The number of nitrogens with two attached hydrogens (primary N) is 1. The van der Waals surface area contributed by atoms with E-state index in [9.17, 15) is 0 Å². The van der Waals surface area contributed by atoms with Gasteiger partial charge in [0.1, 0.15) is 5.15 Å². The van der Waals surface area contributed by atoms with E-state index in [1.165, 1.54) is 0 Å². The zero-order valence-corrected chi connectivity index (χ0v) is 8.52. The van der Waals surface area contributed by atoms with Gasteiger partial charge in [-0.25, -0.2) is 4.98 Å². The molecule has 0 atom stereocenters. The van der Waals surface area contributed by atoms with Crippen molar-refractivity contribution < 1.29 is 0 Å². The third-order valence-electron chi connectivity index (χ3n) is 1.69. The lowest BCUT2D eigenvalue weighted by Gasteiger charge is -2.11. The predicted octanol–water partition coefficient (Wildman–Crippen LogP) is 0.426. The summed E-state index contributed by atoms with van der Waals surface area (Å²) in [5.74, 6) is 0.800. The molecule has 0 fully saturated rings. The molecule has 2 aromatic rings. The Morgan fingerprint density at radius 2 is 2.14 bits per heavy atom. The van der Waals surface area contributed by atoms with Crippen molar-refractivity contribution in [3.05, 3.63) is 11.2 Å². The molecule has 0 unspecified atom stereocenters. The van der Waals surface area contributed by atoms with Gasteiger partial charge in [-0.2, -0.15) is 9.50 Å². The average molecular weight is 213 g/mol. The molecule has 7 heteroatoms. The molecule has 2 aromatic heterocycles. The van der Waals surface area contributed by atoms with Crippen molar-refractivity contribution in [1.82, 2.24) is 19.6 Å². The van der Waals surface area contributed by atoms with Crippen LogP contribution < -0.4 is 10.6 Å². The van der Waals surface area contributed by atoms with Crippen LogP contribution in [0.15, 0.2) is 6.07 Å². The summed E-state index contributed by atoms with van der Waals surface area (Å²) in [6.07, 6.45) is 0. The highest BCUT2D eigenvalue weighted by Gasteiger charge is 2.09. The fraction of sp³-hybridized carbons (Fsp3) is 0.286. The maximum Gasteiger partial charge on any atom is 0.240 e. The van der Waals surface area contributed by atoms with Crippen molar-refractivity contribution in [3.8, 4) is 0 Å². The van der Waals surface area contributed by atoms with Crippen LogP contribution in [-0.4, -0.2) is 33.7 Å². The lowest BCUT2D eigenvalue weighted by molar-refractivity contribution is 0.875. The van der Waals surface area contributed by atoms with Crippen LogP contribution in [0.4, 0.5) is 11.9 Å². The summed E-state index contributed by atoms with van der Waals surface area (Å²) in [5.41, 5.74) is 6.07. The molecule has 0 spiro atoms. The highest BCUT2D eigenvalue weighted by atomic mass is 35.5. The third kappa shape index (κ3) is 1.33. The van der Waals surface area contributed by atoms with Crippen LogP contribution >= 0.6 is 11.6 Å². The summed E-state index contributed by atoms with van der Waals surface area (Å²) in [4.78, 5) is 9.89. The Labute approximate surface area is 85.3 Å². The van der Waals surface area contributed by atoms with E-state index in [0.29, 0.717) is 16.7 Å². The molecule has 74 valence electrons. The molecule has 2 rings (SSSR count). The summed E-state index contributed by atoms with van der Waals surface area (Å²) in [5, 5.41) is 4.37. The summed E-state index contributed by atoms with van der Waals surface area (Å²) in [6.45, 7) is 0. The first kappa shape index (κ1) is 9.01. The minimum atomic E-state index is 0.206. The van der Waals surface area contributed by atoms with Crippen LogP contribution in [0.25, 0.3) is 5.65 Å². The first-order valence-corrected chi connectivity index (χ1v) is 4.32. The Morgan fingerprint density at radius 1 is 1.43 bits per heavy atom. The van der Waals surface area contributed by atoms with Crippen LogP contribution in [0.5, 0.6) is 0 Å². The van der Waals surface area contributed by atoms with E-state index in [1.54, 1.807) is 15.5 Å². The molecule has 0 aliphatic rings. The van der Waals surface area contributed by atoms with Gasteiger partial charge in [-0.15, -0.1) is 5.10 Å². The molecule has 0 saturated heterocycles. The van der Waals surface area contributed by atoms with E-state index in [4.69, 9.17) is 17.3 Å². The molecular formula is C7H9ClN6. The van der Waals surface area contributed by atoms with Gasteiger partial charge >= 0.3 is 0 Å². The van der Waals surface area contributed by atoms with Crippen molar-refractivity contribution in [3.63, 3.8) is 0 Å². The minimum Gasteiger partial charge on any atom is -0.366 e. The number of nitrogen functional groups attached to an aromatic ring is 1. The molecule has 6 nitrogen and oxygen atoms in total. The summed E-state index contributed by atoms with van der Waals surface area (Å²) < 4.78 is 1.54. The monoisotopic (exact) mass is 212 g/mol. The van der Waals surface area contributed by atoms with Gasteiger partial charge in [0.2, 0.25) is 11.9 Å². The predicted molar refractivity (Wildman–Crippen MR) is 54.5 cm³/mol. The highest BCUT2D eigenvalue weighted by Crippen LogP contribution is 2.16. The van der Waals surface area contributed by atoms with Gasteiger partial charge < -0.3 is 10.6 Å². The SMILES string of the molecule is CN(C)c1nc(Cl)cc2nc(N)nn12. The van der Waals surface area contributed by atoms with Gasteiger partial charge in [0.15, 0.2) is 5.65 Å². The Morgan fingerprint density at radius 3 is 2.79 bits per heavy atom. The Hall–Kier alpha value is -1.56. The number of hydrogen-bond donors (Lipinski definition) is 1. The average Bonchev–Trinajstić information content (AvgIpc) is 2.42. The molecule has 2 heterocycles. The number of halogens is 1. The maximum absolute atomic E-state index is 5.82.